The van der Waals surface area contributed by atoms with Crippen LogP contribution >= 0.6 is 11.6 Å². The minimum Gasteiger partial charge on any atom is -0.377 e. The molecule has 0 aliphatic rings. The van der Waals surface area contributed by atoms with Gasteiger partial charge in [0.25, 0.3) is 0 Å². The summed E-state index contributed by atoms with van der Waals surface area (Å²) in [5.41, 5.74) is 0.657. The SMILES string of the molecule is CC(C)OCCNS(=O)(=O)c1ccc2nc(Cl)ccc2c1. The largest absolute Gasteiger partial charge is 0.377 e. The number of nitrogens with one attached hydrogen (secondary N) is 1. The lowest BCUT2D eigenvalue weighted by molar-refractivity contribution is 0.0834. The number of aromatic nitrogens is 1. The number of halogens is 1. The topological polar surface area (TPSA) is 68.3 Å². The molecule has 0 aliphatic heterocycles. The molecule has 114 valence electrons. The van der Waals surface area contributed by atoms with Crippen LogP contribution in [0.5, 0.6) is 0 Å². The Labute approximate surface area is 129 Å². The van der Waals surface area contributed by atoms with Gasteiger partial charge in [-0.15, -0.1) is 0 Å². The van der Waals surface area contributed by atoms with Crippen molar-refractivity contribution in [2.45, 2.75) is 24.8 Å². The van der Waals surface area contributed by atoms with E-state index in [2.05, 4.69) is 9.71 Å². The standard InChI is InChI=1S/C14H17ClN2O3S/c1-10(2)20-8-7-16-21(18,19)12-4-5-13-11(9-12)3-6-14(15)17-13/h3-6,9-10,16H,7-8H2,1-2H3. The van der Waals surface area contributed by atoms with Crippen LogP contribution < -0.4 is 4.72 Å². The van der Waals surface area contributed by atoms with Gasteiger partial charge in [0.1, 0.15) is 5.15 Å². The fraction of sp³-hybridized carbons (Fsp3) is 0.357. The van der Waals surface area contributed by atoms with Crippen molar-refractivity contribution in [1.29, 1.82) is 0 Å². The lowest BCUT2D eigenvalue weighted by atomic mass is 10.2. The van der Waals surface area contributed by atoms with Crippen molar-refractivity contribution >= 4 is 32.5 Å². The van der Waals surface area contributed by atoms with Crippen LogP contribution in [0.15, 0.2) is 35.2 Å². The molecular weight excluding hydrogens is 312 g/mol. The van der Waals surface area contributed by atoms with E-state index in [1.165, 1.54) is 6.07 Å². The Kier molecular flexibility index (Phi) is 5.16. The Bertz CT molecular complexity index is 732. The van der Waals surface area contributed by atoms with E-state index in [1.54, 1.807) is 24.3 Å². The second kappa shape index (κ2) is 6.70. The molecule has 0 fully saturated rings. The number of nitrogens with zero attached hydrogens (tertiary/aromatic N) is 1. The van der Waals surface area contributed by atoms with Gasteiger partial charge in [0.05, 0.1) is 23.1 Å². The van der Waals surface area contributed by atoms with E-state index < -0.39 is 10.0 Å². The van der Waals surface area contributed by atoms with Crippen LogP contribution in [0.25, 0.3) is 10.9 Å². The number of hydrogen-bond acceptors (Lipinski definition) is 4. The lowest BCUT2D eigenvalue weighted by Gasteiger charge is -2.10. The number of sulfonamides is 1. The molecule has 0 amide bonds. The van der Waals surface area contributed by atoms with Gasteiger partial charge in [-0.1, -0.05) is 11.6 Å². The molecule has 1 aromatic heterocycles. The molecule has 0 saturated heterocycles. The highest BCUT2D eigenvalue weighted by molar-refractivity contribution is 7.89. The summed E-state index contributed by atoms with van der Waals surface area (Å²) in [6, 6.07) is 8.09. The first kappa shape index (κ1) is 16.2. The molecule has 1 N–H and O–H groups in total. The average Bonchev–Trinajstić information content (AvgIpc) is 2.43. The van der Waals surface area contributed by atoms with Crippen LogP contribution in [0.2, 0.25) is 5.15 Å². The van der Waals surface area contributed by atoms with Crippen molar-refractivity contribution in [3.63, 3.8) is 0 Å². The van der Waals surface area contributed by atoms with Gasteiger partial charge in [0.15, 0.2) is 0 Å². The van der Waals surface area contributed by atoms with Gasteiger partial charge in [-0.3, -0.25) is 0 Å². The van der Waals surface area contributed by atoms with Gasteiger partial charge < -0.3 is 4.74 Å². The zero-order valence-corrected chi connectivity index (χ0v) is 13.4. The molecule has 0 unspecified atom stereocenters. The maximum atomic E-state index is 12.2. The van der Waals surface area contributed by atoms with E-state index >= 15 is 0 Å². The highest BCUT2D eigenvalue weighted by Gasteiger charge is 2.14. The third-order valence-electron chi connectivity index (χ3n) is 2.78. The van der Waals surface area contributed by atoms with Gasteiger partial charge in [-0.05, 0) is 44.2 Å². The smallest absolute Gasteiger partial charge is 0.240 e. The highest BCUT2D eigenvalue weighted by atomic mass is 35.5. The number of fused-ring (bicyclic) bond motifs is 1. The zero-order chi connectivity index (χ0) is 15.5. The molecule has 0 bridgehead atoms. The van der Waals surface area contributed by atoms with Crippen molar-refractivity contribution in [1.82, 2.24) is 9.71 Å². The highest BCUT2D eigenvalue weighted by Crippen LogP contribution is 2.19. The Hall–Kier alpha value is -1.21. The third kappa shape index (κ3) is 4.38. The molecule has 5 nitrogen and oxygen atoms in total. The fourth-order valence-electron chi connectivity index (χ4n) is 1.80. The molecule has 2 aromatic rings. The predicted octanol–water partition coefficient (Wildman–Crippen LogP) is 2.59. The normalized spacial score (nSPS) is 12.2. The van der Waals surface area contributed by atoms with E-state index in [1.807, 2.05) is 13.8 Å². The first-order valence-corrected chi connectivity index (χ1v) is 8.42. The van der Waals surface area contributed by atoms with E-state index in [-0.39, 0.29) is 17.5 Å². The van der Waals surface area contributed by atoms with Crippen molar-refractivity contribution in [3.05, 3.63) is 35.5 Å². The molecule has 2 rings (SSSR count). The second-order valence-corrected chi connectivity index (χ2v) is 6.96. The van der Waals surface area contributed by atoms with Crippen LogP contribution in [0.4, 0.5) is 0 Å². The van der Waals surface area contributed by atoms with Gasteiger partial charge in [-0.2, -0.15) is 0 Å². The Morgan fingerprint density at radius 2 is 2.05 bits per heavy atom. The van der Waals surface area contributed by atoms with Crippen LogP contribution in [-0.4, -0.2) is 32.7 Å². The molecule has 1 heterocycles. The van der Waals surface area contributed by atoms with Crippen molar-refractivity contribution in [3.8, 4) is 0 Å². The van der Waals surface area contributed by atoms with E-state index in [9.17, 15) is 8.42 Å². The van der Waals surface area contributed by atoms with Gasteiger partial charge >= 0.3 is 0 Å². The zero-order valence-electron chi connectivity index (χ0n) is 11.8. The predicted molar refractivity (Wildman–Crippen MR) is 83.0 cm³/mol. The third-order valence-corrected chi connectivity index (χ3v) is 4.45. The summed E-state index contributed by atoms with van der Waals surface area (Å²) >= 11 is 5.80. The van der Waals surface area contributed by atoms with Crippen molar-refractivity contribution in [2.75, 3.05) is 13.2 Å². The second-order valence-electron chi connectivity index (χ2n) is 4.81. The van der Waals surface area contributed by atoms with Crippen LogP contribution in [-0.2, 0) is 14.8 Å². The van der Waals surface area contributed by atoms with Crippen molar-refractivity contribution < 1.29 is 13.2 Å². The molecular formula is C14H17ClN2O3S. The van der Waals surface area contributed by atoms with Gasteiger partial charge in [-0.25, -0.2) is 18.1 Å². The van der Waals surface area contributed by atoms with E-state index in [0.717, 1.165) is 5.39 Å². The van der Waals surface area contributed by atoms with Gasteiger partial charge in [0.2, 0.25) is 10.0 Å². The summed E-state index contributed by atoms with van der Waals surface area (Å²) in [6.45, 7) is 4.37. The summed E-state index contributed by atoms with van der Waals surface area (Å²) < 4.78 is 32.2. The molecule has 21 heavy (non-hydrogen) atoms. The number of ether oxygens (including phenoxy) is 1. The fourth-order valence-corrected chi connectivity index (χ4v) is 3.00. The minimum atomic E-state index is -3.55. The summed E-state index contributed by atoms with van der Waals surface area (Å²) in [5.74, 6) is 0. The first-order chi connectivity index (χ1) is 9.88. The molecule has 0 spiro atoms. The Morgan fingerprint density at radius 1 is 1.29 bits per heavy atom. The minimum absolute atomic E-state index is 0.0750. The number of hydrogen-bond donors (Lipinski definition) is 1. The summed E-state index contributed by atoms with van der Waals surface area (Å²) in [5, 5.41) is 1.10. The first-order valence-electron chi connectivity index (χ1n) is 6.56. The van der Waals surface area contributed by atoms with Crippen LogP contribution in [0.1, 0.15) is 13.8 Å². The van der Waals surface area contributed by atoms with Crippen molar-refractivity contribution in [2.24, 2.45) is 0 Å². The lowest BCUT2D eigenvalue weighted by Crippen LogP contribution is -2.28. The summed E-state index contributed by atoms with van der Waals surface area (Å²) in [7, 11) is -3.55. The maximum Gasteiger partial charge on any atom is 0.240 e. The summed E-state index contributed by atoms with van der Waals surface area (Å²) in [4.78, 5) is 4.32. The monoisotopic (exact) mass is 328 g/mol. The number of benzene rings is 1. The quantitative estimate of drug-likeness (QED) is 0.653. The number of pyridine rings is 1. The molecule has 1 aromatic carbocycles. The average molecular weight is 329 g/mol. The van der Waals surface area contributed by atoms with E-state index in [4.69, 9.17) is 16.3 Å². The molecule has 0 aliphatic carbocycles. The van der Waals surface area contributed by atoms with Crippen LogP contribution in [0.3, 0.4) is 0 Å². The molecule has 0 atom stereocenters. The summed E-state index contributed by atoms with van der Waals surface area (Å²) in [6.07, 6.45) is 0.0750. The molecule has 0 saturated carbocycles. The van der Waals surface area contributed by atoms with E-state index in [0.29, 0.717) is 17.3 Å². The Morgan fingerprint density at radius 3 is 2.76 bits per heavy atom. The maximum absolute atomic E-state index is 12.2. The Balaban J connectivity index is 2.14. The van der Waals surface area contributed by atoms with Crippen LogP contribution in [0, 0.1) is 0 Å². The number of rotatable bonds is 6. The molecule has 0 radical (unpaired) electrons. The van der Waals surface area contributed by atoms with Gasteiger partial charge in [0, 0.05) is 11.9 Å². The molecule has 7 heteroatoms.